The van der Waals surface area contributed by atoms with Gasteiger partial charge in [-0.05, 0) is 30.2 Å². The van der Waals surface area contributed by atoms with Crippen LogP contribution in [-0.4, -0.2) is 13.1 Å². The van der Waals surface area contributed by atoms with Crippen molar-refractivity contribution in [2.75, 3.05) is 7.11 Å². The summed E-state index contributed by atoms with van der Waals surface area (Å²) < 4.78 is 5.06. The van der Waals surface area contributed by atoms with Crippen molar-refractivity contribution in [2.45, 2.75) is 18.3 Å². The fraction of sp³-hybridized carbons (Fsp3) is 0.400. The molecule has 1 aromatic rings. The zero-order chi connectivity index (χ0) is 11.9. The number of esters is 1. The molecule has 2 aliphatic carbocycles. The van der Waals surface area contributed by atoms with E-state index in [1.54, 1.807) is 0 Å². The largest absolute Gasteiger partial charge is 0.468 e. The van der Waals surface area contributed by atoms with Crippen LogP contribution in [0.25, 0.3) is 0 Å². The number of carbonyl (C=O) groups is 1. The molecule has 0 aliphatic heterocycles. The van der Waals surface area contributed by atoms with Gasteiger partial charge in [-0.2, -0.15) is 0 Å². The van der Waals surface area contributed by atoms with Crippen LogP contribution in [0.1, 0.15) is 18.4 Å². The minimum Gasteiger partial charge on any atom is -0.468 e. The van der Waals surface area contributed by atoms with Crippen molar-refractivity contribution < 1.29 is 9.53 Å². The van der Waals surface area contributed by atoms with Gasteiger partial charge in [0.25, 0.3) is 0 Å². The first-order valence-electron chi connectivity index (χ1n) is 6.10. The summed E-state index contributed by atoms with van der Waals surface area (Å²) >= 11 is 0. The van der Waals surface area contributed by atoms with Gasteiger partial charge in [0, 0.05) is 0 Å². The van der Waals surface area contributed by atoms with E-state index in [0.29, 0.717) is 11.8 Å². The van der Waals surface area contributed by atoms with E-state index in [0.717, 1.165) is 18.4 Å². The van der Waals surface area contributed by atoms with E-state index in [-0.39, 0.29) is 11.4 Å². The Balaban J connectivity index is 2.04. The molecule has 2 aliphatic rings. The van der Waals surface area contributed by atoms with Gasteiger partial charge in [0.15, 0.2) is 0 Å². The second-order valence-electron chi connectivity index (χ2n) is 4.88. The minimum atomic E-state index is -0.375. The predicted octanol–water partition coefficient (Wildman–Crippen LogP) is 2.69. The van der Waals surface area contributed by atoms with Crippen LogP contribution in [0.3, 0.4) is 0 Å². The number of rotatable bonds is 2. The van der Waals surface area contributed by atoms with Gasteiger partial charge in [-0.3, -0.25) is 4.79 Å². The fourth-order valence-electron chi connectivity index (χ4n) is 3.46. The molecule has 17 heavy (non-hydrogen) atoms. The quantitative estimate of drug-likeness (QED) is 0.574. The van der Waals surface area contributed by atoms with Gasteiger partial charge in [-0.25, -0.2) is 0 Å². The fourth-order valence-corrected chi connectivity index (χ4v) is 3.46. The third kappa shape index (κ3) is 1.30. The number of fused-ring (bicyclic) bond motifs is 1. The van der Waals surface area contributed by atoms with Crippen LogP contribution >= 0.6 is 0 Å². The summed E-state index contributed by atoms with van der Waals surface area (Å²) in [5.41, 5.74) is 0.741. The van der Waals surface area contributed by atoms with Gasteiger partial charge in [0.1, 0.15) is 0 Å². The Bertz CT molecular complexity index is 447. The topological polar surface area (TPSA) is 26.3 Å². The Hall–Kier alpha value is -1.57. The van der Waals surface area contributed by atoms with Gasteiger partial charge in [0.2, 0.25) is 0 Å². The van der Waals surface area contributed by atoms with Crippen molar-refractivity contribution in [3.8, 4) is 0 Å². The molecule has 1 aromatic carbocycles. The second-order valence-corrected chi connectivity index (χ2v) is 4.88. The smallest absolute Gasteiger partial charge is 0.316 e. The number of benzene rings is 1. The molecule has 0 N–H and O–H groups in total. The van der Waals surface area contributed by atoms with Crippen LogP contribution in [0.2, 0.25) is 0 Å². The number of allylic oxidation sites excluding steroid dienone is 2. The summed E-state index contributed by atoms with van der Waals surface area (Å²) in [4.78, 5) is 12.2. The van der Waals surface area contributed by atoms with E-state index in [4.69, 9.17) is 4.74 Å². The molecule has 3 atom stereocenters. The highest BCUT2D eigenvalue weighted by Gasteiger charge is 2.70. The third-order valence-corrected chi connectivity index (χ3v) is 4.27. The zero-order valence-corrected chi connectivity index (χ0v) is 9.93. The third-order valence-electron chi connectivity index (χ3n) is 4.27. The van der Waals surface area contributed by atoms with Crippen LogP contribution in [-0.2, 0) is 14.9 Å². The van der Waals surface area contributed by atoms with Gasteiger partial charge in [-0.15, -0.1) is 0 Å². The summed E-state index contributed by atoms with van der Waals surface area (Å²) in [6.45, 7) is 0. The molecule has 2 heteroatoms. The Labute approximate surface area is 101 Å². The number of carbonyl (C=O) groups excluding carboxylic acids is 1. The van der Waals surface area contributed by atoms with Crippen LogP contribution in [0.5, 0.6) is 0 Å². The van der Waals surface area contributed by atoms with Gasteiger partial charge in [-0.1, -0.05) is 42.5 Å². The molecule has 2 nitrogen and oxygen atoms in total. The lowest BCUT2D eigenvalue weighted by Crippen LogP contribution is -2.26. The van der Waals surface area contributed by atoms with E-state index in [2.05, 4.69) is 24.3 Å². The standard InChI is InChI=1S/C15H16O2/c1-17-14(16)15(11-7-3-2-4-8-11)12-9-5-6-10-13(12)15/h2-8,12-13H,9-10H2,1H3/t12-,13+,15?. The molecule has 0 radical (unpaired) electrons. The first-order chi connectivity index (χ1) is 8.31. The average Bonchev–Trinajstić information content (AvgIpc) is 3.09. The molecule has 0 bridgehead atoms. The van der Waals surface area contributed by atoms with E-state index in [9.17, 15) is 4.79 Å². The van der Waals surface area contributed by atoms with Gasteiger partial charge in [0.05, 0.1) is 12.5 Å². The lowest BCUT2D eigenvalue weighted by atomic mass is 9.91. The maximum absolute atomic E-state index is 12.2. The average molecular weight is 228 g/mol. The maximum Gasteiger partial charge on any atom is 0.316 e. The second kappa shape index (κ2) is 3.73. The molecule has 0 aromatic heterocycles. The Morgan fingerprint density at radius 2 is 1.76 bits per heavy atom. The van der Waals surface area contributed by atoms with Crippen molar-refractivity contribution in [1.82, 2.24) is 0 Å². The van der Waals surface area contributed by atoms with Gasteiger partial charge < -0.3 is 4.74 Å². The summed E-state index contributed by atoms with van der Waals surface area (Å²) in [7, 11) is 1.49. The summed E-state index contributed by atoms with van der Waals surface area (Å²) in [6, 6.07) is 10.1. The van der Waals surface area contributed by atoms with E-state index < -0.39 is 0 Å². The first kappa shape index (κ1) is 10.6. The van der Waals surface area contributed by atoms with Gasteiger partial charge >= 0.3 is 5.97 Å². The lowest BCUT2D eigenvalue weighted by Gasteiger charge is -2.15. The van der Waals surface area contributed by atoms with Crippen molar-refractivity contribution in [2.24, 2.45) is 11.8 Å². The Morgan fingerprint density at radius 3 is 2.29 bits per heavy atom. The maximum atomic E-state index is 12.2. The highest BCUT2D eigenvalue weighted by Crippen LogP contribution is 2.65. The van der Waals surface area contributed by atoms with Crippen LogP contribution in [0, 0.1) is 11.8 Å². The van der Waals surface area contributed by atoms with Crippen molar-refractivity contribution in [3.63, 3.8) is 0 Å². The van der Waals surface area contributed by atoms with Crippen LogP contribution in [0.15, 0.2) is 42.5 Å². The monoisotopic (exact) mass is 228 g/mol. The first-order valence-corrected chi connectivity index (χ1v) is 6.10. The highest BCUT2D eigenvalue weighted by atomic mass is 16.5. The van der Waals surface area contributed by atoms with Crippen molar-refractivity contribution >= 4 is 5.97 Å². The Morgan fingerprint density at radius 1 is 1.18 bits per heavy atom. The molecule has 1 unspecified atom stereocenters. The number of ether oxygens (including phenoxy) is 1. The lowest BCUT2D eigenvalue weighted by molar-refractivity contribution is -0.144. The Kier molecular flexibility index (Phi) is 2.32. The van der Waals surface area contributed by atoms with E-state index in [1.807, 2.05) is 18.2 Å². The normalized spacial score (nSPS) is 33.9. The van der Waals surface area contributed by atoms with Crippen molar-refractivity contribution in [3.05, 3.63) is 48.0 Å². The zero-order valence-electron chi connectivity index (χ0n) is 9.93. The molecular formula is C15H16O2. The molecule has 0 heterocycles. The van der Waals surface area contributed by atoms with Crippen LogP contribution in [0.4, 0.5) is 0 Å². The molecule has 0 amide bonds. The number of hydrogen-bond acceptors (Lipinski definition) is 2. The predicted molar refractivity (Wildman–Crippen MR) is 65.5 cm³/mol. The summed E-state index contributed by atoms with van der Waals surface area (Å²) in [5, 5.41) is 0. The summed E-state index contributed by atoms with van der Waals surface area (Å²) in [6.07, 6.45) is 6.37. The molecule has 0 spiro atoms. The molecule has 1 fully saturated rings. The molecule has 0 saturated heterocycles. The van der Waals surface area contributed by atoms with Crippen LogP contribution < -0.4 is 0 Å². The molecule has 88 valence electrons. The molecular weight excluding hydrogens is 212 g/mol. The molecule has 3 rings (SSSR count). The van der Waals surface area contributed by atoms with E-state index >= 15 is 0 Å². The SMILES string of the molecule is COC(=O)C1(c2ccccc2)[C@@H]2CC=CC[C@@H]21. The highest BCUT2D eigenvalue weighted by molar-refractivity contribution is 5.88. The minimum absolute atomic E-state index is 0.0672. The van der Waals surface area contributed by atoms with Crippen molar-refractivity contribution in [1.29, 1.82) is 0 Å². The number of hydrogen-bond donors (Lipinski definition) is 0. The number of methoxy groups -OCH3 is 1. The summed E-state index contributed by atoms with van der Waals surface area (Å²) in [5.74, 6) is 0.798. The molecule has 1 saturated carbocycles. The van der Waals surface area contributed by atoms with E-state index in [1.165, 1.54) is 7.11 Å².